The van der Waals surface area contributed by atoms with Gasteiger partial charge >= 0.3 is 12.2 Å². The summed E-state index contributed by atoms with van der Waals surface area (Å²) in [5.41, 5.74) is -0.741. The Labute approximate surface area is 222 Å². The van der Waals surface area contributed by atoms with Crippen LogP contribution in [0.5, 0.6) is 0 Å². The molecule has 3 heterocycles. The molecule has 39 heavy (non-hydrogen) atoms. The predicted octanol–water partition coefficient (Wildman–Crippen LogP) is 5.00. The first-order valence-electron chi connectivity index (χ1n) is 12.6. The first-order valence-corrected chi connectivity index (χ1v) is 12.6. The number of carbonyl (C=O) groups is 1. The zero-order valence-corrected chi connectivity index (χ0v) is 21.2. The van der Waals surface area contributed by atoms with Crippen LogP contribution in [0.15, 0.2) is 77.6 Å². The second kappa shape index (κ2) is 10.7. The van der Waals surface area contributed by atoms with Crippen LogP contribution in [0.4, 0.5) is 35.3 Å². The van der Waals surface area contributed by atoms with Crippen molar-refractivity contribution in [2.75, 3.05) is 42.9 Å². The summed E-state index contributed by atoms with van der Waals surface area (Å²) in [5, 5.41) is 5.40. The van der Waals surface area contributed by atoms with Gasteiger partial charge < -0.3 is 20.4 Å². The zero-order chi connectivity index (χ0) is 27.6. The predicted molar refractivity (Wildman–Crippen MR) is 145 cm³/mol. The maximum absolute atomic E-state index is 14.4. The van der Waals surface area contributed by atoms with E-state index in [0.29, 0.717) is 44.1 Å². The Morgan fingerprint density at radius 1 is 0.949 bits per heavy atom. The van der Waals surface area contributed by atoms with E-state index in [1.807, 2.05) is 25.1 Å². The van der Waals surface area contributed by atoms with Gasteiger partial charge in [0.25, 0.3) is 0 Å². The molecule has 0 aliphatic carbocycles. The highest BCUT2D eigenvalue weighted by Crippen LogP contribution is 2.37. The van der Waals surface area contributed by atoms with Crippen molar-refractivity contribution in [2.24, 2.45) is 0 Å². The molecule has 2 N–H and O–H groups in total. The van der Waals surface area contributed by atoms with Crippen LogP contribution in [-0.2, 0) is 6.18 Å². The Morgan fingerprint density at radius 2 is 1.59 bits per heavy atom. The summed E-state index contributed by atoms with van der Waals surface area (Å²) in [6.45, 7) is 3.55. The topological polar surface area (TPSA) is 82.5 Å². The number of nitrogens with zero attached hydrogens (tertiary/aromatic N) is 4. The smallest absolute Gasteiger partial charge is 0.353 e. The van der Waals surface area contributed by atoms with Gasteiger partial charge in [0.15, 0.2) is 11.1 Å². The highest BCUT2D eigenvalue weighted by atomic mass is 19.4. The lowest BCUT2D eigenvalue weighted by Crippen LogP contribution is -2.52. The fourth-order valence-corrected chi connectivity index (χ4v) is 4.69. The number of anilines is 3. The molecular formula is C28H27F3N6O2. The van der Waals surface area contributed by atoms with Gasteiger partial charge in [-0.1, -0.05) is 36.4 Å². The average Bonchev–Trinajstić information content (AvgIpc) is 2.93. The van der Waals surface area contributed by atoms with Gasteiger partial charge in [0.1, 0.15) is 11.6 Å². The van der Waals surface area contributed by atoms with Crippen LogP contribution in [-0.4, -0.2) is 53.2 Å². The van der Waals surface area contributed by atoms with Crippen molar-refractivity contribution in [2.45, 2.75) is 13.1 Å². The normalized spacial score (nSPS) is 13.9. The standard InChI is InChI=1S/C28H27F3N6O2/c1-2-32-27(39)36-15-13-35(14-16-36)23-17-21(28(29,30)31)25-22(38)18-24(33-19-9-5-3-6-10-19)37(26(25)34-23)20-11-7-4-8-12-20/h3-12,17-18,33H,2,13-16H2,1H3,(H,32,39). The highest BCUT2D eigenvalue weighted by molar-refractivity contribution is 5.86. The van der Waals surface area contributed by atoms with E-state index in [2.05, 4.69) is 15.6 Å². The minimum atomic E-state index is -4.79. The molecule has 0 spiro atoms. The Hall–Kier alpha value is -4.54. The number of para-hydroxylation sites is 2. The van der Waals surface area contributed by atoms with Crippen molar-refractivity contribution in [1.82, 2.24) is 19.8 Å². The molecule has 1 fully saturated rings. The van der Waals surface area contributed by atoms with Crippen molar-refractivity contribution in [1.29, 1.82) is 0 Å². The van der Waals surface area contributed by atoms with Gasteiger partial charge in [-0.25, -0.2) is 9.78 Å². The summed E-state index contributed by atoms with van der Waals surface area (Å²) in [6.07, 6.45) is -4.79. The molecule has 0 unspecified atom stereocenters. The fourth-order valence-electron chi connectivity index (χ4n) is 4.69. The van der Waals surface area contributed by atoms with Gasteiger partial charge in [-0.05, 0) is 37.3 Å². The van der Waals surface area contributed by atoms with Gasteiger partial charge in [0, 0.05) is 50.2 Å². The maximum atomic E-state index is 14.4. The molecule has 0 atom stereocenters. The van der Waals surface area contributed by atoms with Crippen molar-refractivity contribution >= 4 is 34.4 Å². The minimum Gasteiger partial charge on any atom is -0.353 e. The summed E-state index contributed by atoms with van der Waals surface area (Å²) in [7, 11) is 0. The molecule has 2 amide bonds. The Kier molecular flexibility index (Phi) is 7.14. The quantitative estimate of drug-likeness (QED) is 0.375. The second-order valence-corrected chi connectivity index (χ2v) is 9.09. The molecule has 2 aromatic carbocycles. The minimum absolute atomic E-state index is 0.0892. The number of hydrogen-bond acceptors (Lipinski definition) is 5. The van der Waals surface area contributed by atoms with Crippen molar-refractivity contribution < 1.29 is 18.0 Å². The summed E-state index contributed by atoms with van der Waals surface area (Å²) < 4.78 is 44.8. The summed E-state index contributed by atoms with van der Waals surface area (Å²) in [5.74, 6) is 0.370. The van der Waals surface area contributed by atoms with Crippen LogP contribution in [0.2, 0.25) is 0 Å². The molecule has 1 aliphatic heterocycles. The summed E-state index contributed by atoms with van der Waals surface area (Å²) in [6, 6.07) is 19.8. The summed E-state index contributed by atoms with van der Waals surface area (Å²) >= 11 is 0. The average molecular weight is 537 g/mol. The number of alkyl halides is 3. The molecular weight excluding hydrogens is 509 g/mol. The second-order valence-electron chi connectivity index (χ2n) is 9.09. The highest BCUT2D eigenvalue weighted by Gasteiger charge is 2.36. The lowest BCUT2D eigenvalue weighted by molar-refractivity contribution is -0.136. The van der Waals surface area contributed by atoms with Crippen molar-refractivity contribution in [3.05, 3.63) is 88.6 Å². The number of nitrogens with one attached hydrogen (secondary N) is 2. The maximum Gasteiger partial charge on any atom is 0.417 e. The van der Waals surface area contributed by atoms with Gasteiger partial charge in [0.05, 0.1) is 10.9 Å². The van der Waals surface area contributed by atoms with E-state index in [4.69, 9.17) is 0 Å². The van der Waals surface area contributed by atoms with Crippen LogP contribution < -0.4 is 21.0 Å². The molecule has 0 radical (unpaired) electrons. The molecule has 8 nitrogen and oxygen atoms in total. The monoisotopic (exact) mass is 536 g/mol. The van der Waals surface area contributed by atoms with Gasteiger partial charge in [0.2, 0.25) is 0 Å². The number of fused-ring (bicyclic) bond motifs is 1. The largest absolute Gasteiger partial charge is 0.417 e. The van der Waals surface area contributed by atoms with Crippen LogP contribution in [0.25, 0.3) is 16.7 Å². The van der Waals surface area contributed by atoms with Gasteiger partial charge in [-0.3, -0.25) is 9.36 Å². The van der Waals surface area contributed by atoms with Crippen molar-refractivity contribution in [3.8, 4) is 5.69 Å². The molecule has 2 aromatic heterocycles. The number of hydrogen-bond donors (Lipinski definition) is 2. The van der Waals surface area contributed by atoms with Gasteiger partial charge in [-0.15, -0.1) is 0 Å². The van der Waals surface area contributed by atoms with E-state index in [0.717, 1.165) is 6.07 Å². The number of aromatic nitrogens is 2. The first kappa shape index (κ1) is 26.1. The Morgan fingerprint density at radius 3 is 2.21 bits per heavy atom. The van der Waals surface area contributed by atoms with E-state index in [9.17, 15) is 22.8 Å². The van der Waals surface area contributed by atoms with Crippen LogP contribution in [0.1, 0.15) is 12.5 Å². The third kappa shape index (κ3) is 5.38. The molecule has 1 aliphatic rings. The molecule has 4 aromatic rings. The molecule has 11 heteroatoms. The molecule has 0 saturated carbocycles. The number of rotatable bonds is 5. The molecule has 5 rings (SSSR count). The third-order valence-electron chi connectivity index (χ3n) is 6.54. The van der Waals surface area contributed by atoms with E-state index >= 15 is 0 Å². The zero-order valence-electron chi connectivity index (χ0n) is 21.2. The molecule has 0 bridgehead atoms. The van der Waals surface area contributed by atoms with Crippen LogP contribution in [0, 0.1) is 0 Å². The van der Waals surface area contributed by atoms with Crippen LogP contribution in [0.3, 0.4) is 0 Å². The number of pyridine rings is 2. The van der Waals surface area contributed by atoms with Crippen LogP contribution >= 0.6 is 0 Å². The van der Waals surface area contributed by atoms with E-state index in [1.54, 1.807) is 52.3 Å². The molecule has 202 valence electrons. The number of urea groups is 1. The van der Waals surface area contributed by atoms with E-state index in [-0.39, 0.29) is 23.3 Å². The van der Waals surface area contributed by atoms with E-state index < -0.39 is 22.6 Å². The first-order chi connectivity index (χ1) is 18.8. The SMILES string of the molecule is CCNC(=O)N1CCN(c2cc(C(F)(F)F)c3c(=O)cc(Nc4ccccc4)n(-c4ccccc4)c3n2)CC1. The lowest BCUT2D eigenvalue weighted by Gasteiger charge is -2.35. The lowest BCUT2D eigenvalue weighted by atomic mass is 10.1. The van der Waals surface area contributed by atoms with Crippen molar-refractivity contribution in [3.63, 3.8) is 0 Å². The Balaban J connectivity index is 1.69. The Bertz CT molecular complexity index is 1530. The number of benzene rings is 2. The number of amides is 2. The third-order valence-corrected chi connectivity index (χ3v) is 6.54. The molecule has 1 saturated heterocycles. The fraction of sp³-hybridized carbons (Fsp3) is 0.250. The number of halogens is 3. The summed E-state index contributed by atoms with van der Waals surface area (Å²) in [4.78, 5) is 33.4. The van der Waals surface area contributed by atoms with E-state index in [1.165, 1.54) is 10.6 Å². The van der Waals surface area contributed by atoms with Gasteiger partial charge in [-0.2, -0.15) is 13.2 Å². The number of carbonyl (C=O) groups excluding carboxylic acids is 1. The number of piperazine rings is 1.